The quantitative estimate of drug-likeness (QED) is 0.569. The lowest BCUT2D eigenvalue weighted by atomic mass is 9.73. The highest BCUT2D eigenvalue weighted by atomic mass is 16.5. The standard InChI is InChI=1S/C28H42N6O/c1-4-20-13-26(19-5-6-19)34(32-20)24-16-27(31-29-17-24)30-21-9-11-28(2,12-10-21)18-33-22-7-8-23(33)15-25(14-22)35-3/h13,16-17,19,21-23,25H,4-12,14-15,18H2,1-3H3,(H,30,31)/t21?,22-,23-,28?/m1/s1. The number of rotatable bonds is 8. The van der Waals surface area contributed by atoms with Gasteiger partial charge in [-0.3, -0.25) is 4.90 Å². The van der Waals surface area contributed by atoms with Gasteiger partial charge in [0, 0.05) is 49.5 Å². The summed E-state index contributed by atoms with van der Waals surface area (Å²) in [5.74, 6) is 1.53. The average molecular weight is 479 g/mol. The first kappa shape index (κ1) is 23.4. The molecule has 4 heterocycles. The van der Waals surface area contributed by atoms with E-state index in [4.69, 9.17) is 9.84 Å². The second-order valence-electron chi connectivity index (χ2n) is 12.0. The number of aromatic nitrogens is 4. The van der Waals surface area contributed by atoms with Gasteiger partial charge in [0.1, 0.15) is 0 Å². The zero-order valence-corrected chi connectivity index (χ0v) is 21.7. The summed E-state index contributed by atoms with van der Waals surface area (Å²) in [6, 6.07) is 6.35. The summed E-state index contributed by atoms with van der Waals surface area (Å²) < 4.78 is 7.83. The van der Waals surface area contributed by atoms with Gasteiger partial charge in [0.05, 0.1) is 23.7 Å². The summed E-state index contributed by atoms with van der Waals surface area (Å²) in [5, 5.41) is 17.3. The molecular formula is C28H42N6O. The van der Waals surface area contributed by atoms with Crippen LogP contribution in [0.15, 0.2) is 18.3 Å². The lowest BCUT2D eigenvalue weighted by molar-refractivity contribution is -0.0154. The summed E-state index contributed by atoms with van der Waals surface area (Å²) in [6.45, 7) is 5.95. The molecule has 2 aliphatic carbocycles. The van der Waals surface area contributed by atoms with E-state index in [9.17, 15) is 0 Å². The summed E-state index contributed by atoms with van der Waals surface area (Å²) >= 11 is 0. The highest BCUT2D eigenvalue weighted by molar-refractivity contribution is 5.44. The molecule has 1 N–H and O–H groups in total. The van der Waals surface area contributed by atoms with Gasteiger partial charge in [0.2, 0.25) is 0 Å². The maximum absolute atomic E-state index is 5.72. The molecule has 2 bridgehead atoms. The van der Waals surface area contributed by atoms with Crippen molar-refractivity contribution in [3.63, 3.8) is 0 Å². The molecule has 190 valence electrons. The smallest absolute Gasteiger partial charge is 0.151 e. The fourth-order valence-corrected chi connectivity index (χ4v) is 6.98. The maximum atomic E-state index is 5.72. The van der Waals surface area contributed by atoms with Gasteiger partial charge in [-0.25, -0.2) is 4.68 Å². The average Bonchev–Trinajstić information content (AvgIpc) is 3.59. The second-order valence-corrected chi connectivity index (χ2v) is 12.0. The van der Waals surface area contributed by atoms with Crippen LogP contribution in [0.4, 0.5) is 5.82 Å². The van der Waals surface area contributed by atoms with Crippen LogP contribution in [0, 0.1) is 5.41 Å². The lowest BCUT2D eigenvalue weighted by Gasteiger charge is -2.46. The van der Waals surface area contributed by atoms with Crippen molar-refractivity contribution in [3.05, 3.63) is 29.7 Å². The third-order valence-corrected chi connectivity index (χ3v) is 9.31. The maximum Gasteiger partial charge on any atom is 0.151 e. The molecule has 7 nitrogen and oxygen atoms in total. The van der Waals surface area contributed by atoms with Crippen LogP contribution in [0.3, 0.4) is 0 Å². The van der Waals surface area contributed by atoms with Gasteiger partial charge in [0.25, 0.3) is 0 Å². The van der Waals surface area contributed by atoms with Crippen molar-refractivity contribution in [3.8, 4) is 5.69 Å². The zero-order valence-electron chi connectivity index (χ0n) is 21.7. The summed E-state index contributed by atoms with van der Waals surface area (Å²) in [7, 11) is 1.89. The van der Waals surface area contributed by atoms with E-state index >= 15 is 0 Å². The number of methoxy groups -OCH3 is 1. The Morgan fingerprint density at radius 1 is 1.06 bits per heavy atom. The summed E-state index contributed by atoms with van der Waals surface area (Å²) in [4.78, 5) is 2.85. The van der Waals surface area contributed by atoms with E-state index in [0.717, 1.165) is 35.7 Å². The predicted octanol–water partition coefficient (Wildman–Crippen LogP) is 5.10. The molecule has 0 radical (unpaired) electrons. The molecule has 2 aromatic rings. The number of piperidine rings is 1. The Morgan fingerprint density at radius 3 is 2.46 bits per heavy atom. The number of fused-ring (bicyclic) bond motifs is 2. The molecule has 0 unspecified atom stereocenters. The van der Waals surface area contributed by atoms with Crippen molar-refractivity contribution in [2.75, 3.05) is 19.0 Å². The van der Waals surface area contributed by atoms with Crippen molar-refractivity contribution in [2.24, 2.45) is 5.41 Å². The first-order chi connectivity index (χ1) is 17.0. The Kier molecular flexibility index (Phi) is 6.33. The molecule has 35 heavy (non-hydrogen) atoms. The number of ether oxygens (including phenoxy) is 1. The number of hydrogen-bond donors (Lipinski definition) is 1. The van der Waals surface area contributed by atoms with E-state index < -0.39 is 0 Å². The van der Waals surface area contributed by atoms with E-state index in [1.54, 1.807) is 0 Å². The molecule has 0 spiro atoms. The van der Waals surface area contributed by atoms with Gasteiger partial charge >= 0.3 is 0 Å². The van der Waals surface area contributed by atoms with Crippen LogP contribution in [0.2, 0.25) is 0 Å². The fourth-order valence-electron chi connectivity index (χ4n) is 6.98. The topological polar surface area (TPSA) is 68.1 Å². The van der Waals surface area contributed by atoms with Gasteiger partial charge in [0.15, 0.2) is 5.82 Å². The highest BCUT2D eigenvalue weighted by Crippen LogP contribution is 2.44. The largest absolute Gasteiger partial charge is 0.381 e. The number of hydrogen-bond acceptors (Lipinski definition) is 6. The van der Waals surface area contributed by atoms with Crippen LogP contribution in [0.1, 0.15) is 95.4 Å². The Labute approximate surface area is 210 Å². The van der Waals surface area contributed by atoms with Crippen molar-refractivity contribution >= 4 is 5.82 Å². The van der Waals surface area contributed by atoms with Gasteiger partial charge < -0.3 is 10.1 Å². The van der Waals surface area contributed by atoms with Crippen LogP contribution in [0.5, 0.6) is 0 Å². The molecule has 2 atom stereocenters. The molecule has 7 heteroatoms. The van der Waals surface area contributed by atoms with Crippen molar-refractivity contribution in [2.45, 2.75) is 115 Å². The fraction of sp³-hybridized carbons (Fsp3) is 0.750. The minimum absolute atomic E-state index is 0.414. The molecule has 2 saturated heterocycles. The third-order valence-electron chi connectivity index (χ3n) is 9.31. The number of anilines is 1. The van der Waals surface area contributed by atoms with Gasteiger partial charge in [-0.15, -0.1) is 5.10 Å². The van der Waals surface area contributed by atoms with Crippen LogP contribution in [-0.4, -0.2) is 62.8 Å². The lowest BCUT2D eigenvalue weighted by Crippen LogP contribution is -2.50. The minimum atomic E-state index is 0.414. The van der Waals surface area contributed by atoms with Gasteiger partial charge in [-0.05, 0) is 82.1 Å². The number of nitrogens with one attached hydrogen (secondary N) is 1. The molecule has 0 aromatic carbocycles. The van der Waals surface area contributed by atoms with E-state index in [1.807, 2.05) is 13.3 Å². The molecule has 0 amide bonds. The highest BCUT2D eigenvalue weighted by Gasteiger charge is 2.44. The third kappa shape index (κ3) is 4.86. The molecule has 6 rings (SSSR count). The van der Waals surface area contributed by atoms with Crippen LogP contribution in [0.25, 0.3) is 5.69 Å². The Hall–Kier alpha value is -1.99. The minimum Gasteiger partial charge on any atom is -0.381 e. The van der Waals surface area contributed by atoms with E-state index in [1.165, 1.54) is 76.4 Å². The van der Waals surface area contributed by atoms with E-state index in [-0.39, 0.29) is 0 Å². The number of aryl methyl sites for hydroxylation is 1. The van der Waals surface area contributed by atoms with E-state index in [0.29, 0.717) is 23.5 Å². The Balaban J connectivity index is 1.07. The Morgan fingerprint density at radius 2 is 1.80 bits per heavy atom. The van der Waals surface area contributed by atoms with E-state index in [2.05, 4.69) is 51.1 Å². The predicted molar refractivity (Wildman–Crippen MR) is 138 cm³/mol. The van der Waals surface area contributed by atoms with Crippen molar-refractivity contribution in [1.82, 2.24) is 24.9 Å². The normalized spacial score (nSPS) is 33.2. The molecule has 2 saturated carbocycles. The van der Waals surface area contributed by atoms with Gasteiger partial charge in [-0.1, -0.05) is 13.8 Å². The molecule has 2 aliphatic heterocycles. The zero-order chi connectivity index (χ0) is 24.0. The van der Waals surface area contributed by atoms with Crippen molar-refractivity contribution < 1.29 is 4.74 Å². The monoisotopic (exact) mass is 478 g/mol. The summed E-state index contributed by atoms with van der Waals surface area (Å²) in [6.07, 6.45) is 15.9. The molecular weight excluding hydrogens is 436 g/mol. The molecule has 2 aromatic heterocycles. The van der Waals surface area contributed by atoms with Crippen LogP contribution in [-0.2, 0) is 11.2 Å². The van der Waals surface area contributed by atoms with Crippen LogP contribution >= 0.6 is 0 Å². The van der Waals surface area contributed by atoms with Gasteiger partial charge in [-0.2, -0.15) is 10.2 Å². The first-order valence-corrected chi connectivity index (χ1v) is 14.0. The first-order valence-electron chi connectivity index (χ1n) is 14.0. The SMILES string of the molecule is CCc1cc(C2CC2)n(-c2cnnc(NC3CCC(C)(CN4[C@@H]5CC[C@@H]4CC(OC)C5)CC3)c2)n1. The summed E-state index contributed by atoms with van der Waals surface area (Å²) in [5.41, 5.74) is 3.93. The molecule has 4 aliphatic rings. The van der Waals surface area contributed by atoms with Crippen molar-refractivity contribution in [1.29, 1.82) is 0 Å². The Bertz CT molecular complexity index is 1010. The molecule has 4 fully saturated rings. The second kappa shape index (κ2) is 9.47. The number of nitrogens with zero attached hydrogens (tertiary/aromatic N) is 5. The van der Waals surface area contributed by atoms with Crippen LogP contribution < -0.4 is 5.32 Å².